The van der Waals surface area contributed by atoms with Gasteiger partial charge in [0.05, 0.1) is 0 Å². The van der Waals surface area contributed by atoms with Gasteiger partial charge in [-0.1, -0.05) is 32.4 Å². The molecule has 0 bridgehead atoms. The van der Waals surface area contributed by atoms with Gasteiger partial charge in [0.15, 0.2) is 0 Å². The molecule has 0 amide bonds. The first-order chi connectivity index (χ1) is 8.12. The van der Waals surface area contributed by atoms with Gasteiger partial charge in [0.2, 0.25) is 0 Å². The molecule has 0 radical (unpaired) electrons. The minimum atomic E-state index is 0.603. The lowest BCUT2D eigenvalue weighted by molar-refractivity contribution is 0.305. The second kappa shape index (κ2) is 6.92. The maximum Gasteiger partial charge on any atom is 0.135 e. The van der Waals surface area contributed by atoms with Crippen LogP contribution in [-0.4, -0.2) is 34.5 Å². The predicted molar refractivity (Wildman–Crippen MR) is 72.6 cm³/mol. The second-order valence-electron chi connectivity index (χ2n) is 4.13. The van der Waals surface area contributed by atoms with Crippen LogP contribution < -0.4 is 0 Å². The highest BCUT2D eigenvalue weighted by molar-refractivity contribution is 6.30. The summed E-state index contributed by atoms with van der Waals surface area (Å²) in [5.74, 6) is 0.865. The molecule has 1 aromatic heterocycles. The van der Waals surface area contributed by atoms with Crippen LogP contribution in [0.3, 0.4) is 0 Å². The first-order valence-electron chi connectivity index (χ1n) is 6.36. The Morgan fingerprint density at radius 3 is 2.29 bits per heavy atom. The first kappa shape index (κ1) is 14.4. The molecule has 0 N–H and O–H groups in total. The van der Waals surface area contributed by atoms with Gasteiger partial charge in [0, 0.05) is 24.2 Å². The van der Waals surface area contributed by atoms with Gasteiger partial charge in [-0.3, -0.25) is 0 Å². The van der Waals surface area contributed by atoms with Gasteiger partial charge in [0.1, 0.15) is 11.0 Å². The Morgan fingerprint density at radius 1 is 1.12 bits per heavy atom. The third kappa shape index (κ3) is 3.93. The minimum Gasteiger partial charge on any atom is -0.303 e. The third-order valence-corrected chi connectivity index (χ3v) is 3.48. The molecular weight excluding hydrogens is 234 g/mol. The zero-order valence-corrected chi connectivity index (χ0v) is 12.0. The summed E-state index contributed by atoms with van der Waals surface area (Å²) in [7, 11) is 0. The van der Waals surface area contributed by atoms with E-state index in [0.29, 0.717) is 5.15 Å². The van der Waals surface area contributed by atoms with Gasteiger partial charge >= 0.3 is 0 Å². The van der Waals surface area contributed by atoms with E-state index in [9.17, 15) is 0 Å². The molecule has 1 aromatic rings. The van der Waals surface area contributed by atoms with Crippen molar-refractivity contribution in [2.45, 2.75) is 40.5 Å². The lowest BCUT2D eigenvalue weighted by atomic mass is 10.2. The summed E-state index contributed by atoms with van der Waals surface area (Å²) < 4.78 is 0. The molecule has 0 aliphatic heterocycles. The molecule has 0 aliphatic carbocycles. The number of halogens is 1. The van der Waals surface area contributed by atoms with Crippen LogP contribution in [0.25, 0.3) is 0 Å². The second-order valence-corrected chi connectivity index (χ2v) is 4.49. The van der Waals surface area contributed by atoms with Crippen molar-refractivity contribution in [2.24, 2.45) is 0 Å². The molecule has 17 heavy (non-hydrogen) atoms. The Balaban J connectivity index is 2.75. The van der Waals surface area contributed by atoms with Gasteiger partial charge in [-0.25, -0.2) is 9.97 Å². The Bertz CT molecular complexity index is 362. The van der Waals surface area contributed by atoms with Gasteiger partial charge in [-0.15, -0.1) is 0 Å². The maximum absolute atomic E-state index is 6.12. The zero-order valence-electron chi connectivity index (χ0n) is 11.3. The Kier molecular flexibility index (Phi) is 5.86. The van der Waals surface area contributed by atoms with E-state index in [1.165, 1.54) is 0 Å². The number of hydrogen-bond donors (Lipinski definition) is 0. The quantitative estimate of drug-likeness (QED) is 0.732. The number of aryl methyl sites for hydroxylation is 1. The molecule has 3 nitrogen and oxygen atoms in total. The van der Waals surface area contributed by atoms with E-state index < -0.39 is 0 Å². The fourth-order valence-electron chi connectivity index (χ4n) is 1.83. The van der Waals surface area contributed by atoms with E-state index >= 15 is 0 Å². The topological polar surface area (TPSA) is 29.0 Å². The van der Waals surface area contributed by atoms with Crippen molar-refractivity contribution >= 4 is 11.6 Å². The van der Waals surface area contributed by atoms with Crippen LogP contribution in [0.5, 0.6) is 0 Å². The van der Waals surface area contributed by atoms with E-state index in [2.05, 4.69) is 35.6 Å². The highest BCUT2D eigenvalue weighted by Gasteiger charge is 2.08. The fraction of sp³-hybridized carbons (Fsp3) is 0.692. The van der Waals surface area contributed by atoms with Crippen molar-refractivity contribution in [3.05, 3.63) is 22.2 Å². The first-order valence-corrected chi connectivity index (χ1v) is 6.74. The molecule has 96 valence electrons. The molecule has 0 saturated carbocycles. The SMILES string of the molecule is CCc1nc(CCN(CC)CC)nc(Cl)c1C. The van der Waals surface area contributed by atoms with Crippen LogP contribution in [-0.2, 0) is 12.8 Å². The average Bonchev–Trinajstić information content (AvgIpc) is 2.34. The summed E-state index contributed by atoms with van der Waals surface area (Å²) in [6.07, 6.45) is 1.78. The largest absolute Gasteiger partial charge is 0.303 e. The smallest absolute Gasteiger partial charge is 0.135 e. The monoisotopic (exact) mass is 255 g/mol. The summed E-state index contributed by atoms with van der Waals surface area (Å²) >= 11 is 6.12. The van der Waals surface area contributed by atoms with E-state index in [-0.39, 0.29) is 0 Å². The Morgan fingerprint density at radius 2 is 1.76 bits per heavy atom. The van der Waals surface area contributed by atoms with E-state index in [0.717, 1.165) is 49.6 Å². The van der Waals surface area contributed by atoms with Gasteiger partial charge < -0.3 is 4.90 Å². The predicted octanol–water partition coefficient (Wildman–Crippen LogP) is 2.89. The Labute approximate surface area is 109 Å². The minimum absolute atomic E-state index is 0.603. The lowest BCUT2D eigenvalue weighted by Crippen LogP contribution is -2.26. The van der Waals surface area contributed by atoms with Crippen molar-refractivity contribution < 1.29 is 0 Å². The molecule has 0 spiro atoms. The van der Waals surface area contributed by atoms with E-state index in [1.807, 2.05) is 6.92 Å². The molecule has 0 saturated heterocycles. The molecule has 0 unspecified atom stereocenters. The number of likely N-dealkylation sites (N-methyl/N-ethyl adjacent to an activating group) is 1. The number of nitrogens with zero attached hydrogens (tertiary/aromatic N) is 3. The van der Waals surface area contributed by atoms with Crippen LogP contribution in [0.1, 0.15) is 37.9 Å². The summed E-state index contributed by atoms with van der Waals surface area (Å²) in [6.45, 7) is 11.5. The zero-order chi connectivity index (χ0) is 12.8. The molecule has 4 heteroatoms. The molecule has 0 fully saturated rings. The summed E-state index contributed by atoms with van der Waals surface area (Å²) in [5, 5.41) is 0.603. The lowest BCUT2D eigenvalue weighted by Gasteiger charge is -2.17. The fourth-order valence-corrected chi connectivity index (χ4v) is 2.04. The van der Waals surface area contributed by atoms with Gasteiger partial charge in [0.25, 0.3) is 0 Å². The molecule has 0 aromatic carbocycles. The van der Waals surface area contributed by atoms with Crippen LogP contribution in [0.2, 0.25) is 5.15 Å². The highest BCUT2D eigenvalue weighted by Crippen LogP contribution is 2.16. The molecule has 1 rings (SSSR count). The number of aromatic nitrogens is 2. The van der Waals surface area contributed by atoms with Crippen molar-refractivity contribution in [2.75, 3.05) is 19.6 Å². The Hall–Kier alpha value is -0.670. The van der Waals surface area contributed by atoms with Crippen LogP contribution in [0.4, 0.5) is 0 Å². The summed E-state index contributed by atoms with van der Waals surface area (Å²) in [6, 6.07) is 0. The molecule has 0 aliphatic rings. The van der Waals surface area contributed by atoms with Crippen LogP contribution >= 0.6 is 11.6 Å². The van der Waals surface area contributed by atoms with Crippen molar-refractivity contribution in [3.8, 4) is 0 Å². The summed E-state index contributed by atoms with van der Waals surface area (Å²) in [5.41, 5.74) is 2.08. The number of hydrogen-bond acceptors (Lipinski definition) is 3. The van der Waals surface area contributed by atoms with Crippen molar-refractivity contribution in [3.63, 3.8) is 0 Å². The van der Waals surface area contributed by atoms with E-state index in [4.69, 9.17) is 11.6 Å². The normalized spacial score (nSPS) is 11.2. The molecule has 1 heterocycles. The molecule has 0 atom stereocenters. The average molecular weight is 256 g/mol. The van der Waals surface area contributed by atoms with Gasteiger partial charge in [-0.05, 0) is 26.4 Å². The van der Waals surface area contributed by atoms with Crippen molar-refractivity contribution in [1.82, 2.24) is 14.9 Å². The highest BCUT2D eigenvalue weighted by atomic mass is 35.5. The number of rotatable bonds is 6. The van der Waals surface area contributed by atoms with Crippen LogP contribution in [0, 0.1) is 6.92 Å². The van der Waals surface area contributed by atoms with Crippen LogP contribution in [0.15, 0.2) is 0 Å². The summed E-state index contributed by atoms with van der Waals surface area (Å²) in [4.78, 5) is 11.3. The van der Waals surface area contributed by atoms with Gasteiger partial charge in [-0.2, -0.15) is 0 Å². The van der Waals surface area contributed by atoms with Crippen molar-refractivity contribution in [1.29, 1.82) is 0 Å². The maximum atomic E-state index is 6.12. The third-order valence-electron chi connectivity index (χ3n) is 3.11. The van der Waals surface area contributed by atoms with E-state index in [1.54, 1.807) is 0 Å². The molecular formula is C13H22ClN3. The standard InChI is InChI=1S/C13H22ClN3/c1-5-11-10(4)13(14)16-12(15-11)8-9-17(6-2)7-3/h5-9H2,1-4H3.